The molecule has 1 aromatic heterocycles. The van der Waals surface area contributed by atoms with Gasteiger partial charge in [-0.1, -0.05) is 42.0 Å². The summed E-state index contributed by atoms with van der Waals surface area (Å²) in [7, 11) is 0. The highest BCUT2D eigenvalue weighted by Crippen LogP contribution is 2.18. The Morgan fingerprint density at radius 2 is 1.42 bits per heavy atom. The molecule has 0 bridgehead atoms. The molecule has 0 radical (unpaired) electrons. The van der Waals surface area contributed by atoms with Crippen LogP contribution in [0.25, 0.3) is 0 Å². The molecular formula is C18H19ClIN3O3. The van der Waals surface area contributed by atoms with Crippen molar-refractivity contribution in [1.29, 1.82) is 0 Å². The molecule has 0 aliphatic rings. The zero-order chi connectivity index (χ0) is 19.6. The number of aromatic nitrogens is 3. The molecule has 0 atom stereocenters. The number of hydrogen-bond donors (Lipinski definition) is 0. The fourth-order valence-corrected chi connectivity index (χ4v) is 3.49. The third-order valence-electron chi connectivity index (χ3n) is 3.59. The van der Waals surface area contributed by atoms with Gasteiger partial charge in [-0.05, 0) is 54.1 Å². The maximum Gasteiger partial charge on any atom is 0.336 e. The fourth-order valence-electron chi connectivity index (χ4n) is 2.45. The molecule has 2 aromatic rings. The van der Waals surface area contributed by atoms with Crippen LogP contribution in [0.2, 0.25) is 5.02 Å². The summed E-state index contributed by atoms with van der Waals surface area (Å²) in [5.41, 5.74) is 0.0535. The summed E-state index contributed by atoms with van der Waals surface area (Å²) in [5.74, 6) is 0. The average molecular weight is 488 g/mol. The van der Waals surface area contributed by atoms with Gasteiger partial charge >= 0.3 is 17.1 Å². The molecular weight excluding hydrogens is 469 g/mol. The van der Waals surface area contributed by atoms with Crippen molar-refractivity contribution >= 4 is 34.2 Å². The van der Waals surface area contributed by atoms with Gasteiger partial charge in [0.1, 0.15) is 0 Å². The number of benzene rings is 1. The van der Waals surface area contributed by atoms with Gasteiger partial charge in [-0.2, -0.15) is 0 Å². The molecule has 1 heterocycles. The molecule has 0 saturated carbocycles. The van der Waals surface area contributed by atoms with Crippen LogP contribution in [-0.2, 0) is 19.6 Å². The molecule has 0 saturated heterocycles. The van der Waals surface area contributed by atoms with Crippen molar-refractivity contribution in [3.63, 3.8) is 0 Å². The average Bonchev–Trinajstić information content (AvgIpc) is 2.53. The van der Waals surface area contributed by atoms with Crippen LogP contribution in [0.4, 0.5) is 0 Å². The van der Waals surface area contributed by atoms with Gasteiger partial charge in [0, 0.05) is 8.59 Å². The lowest BCUT2D eigenvalue weighted by Gasteiger charge is -2.15. The summed E-state index contributed by atoms with van der Waals surface area (Å²) in [4.78, 5) is 38.2. The van der Waals surface area contributed by atoms with Crippen molar-refractivity contribution in [2.45, 2.75) is 33.5 Å². The van der Waals surface area contributed by atoms with Crippen LogP contribution < -0.4 is 17.1 Å². The highest BCUT2D eigenvalue weighted by atomic mass is 127. The van der Waals surface area contributed by atoms with Gasteiger partial charge in [0.25, 0.3) is 0 Å². The first kappa shape index (κ1) is 20.4. The van der Waals surface area contributed by atoms with E-state index in [4.69, 9.17) is 11.6 Å². The van der Waals surface area contributed by atoms with Crippen LogP contribution in [-0.4, -0.2) is 13.7 Å². The topological polar surface area (TPSA) is 66.0 Å². The first-order valence-electron chi connectivity index (χ1n) is 7.79. The zero-order valence-electron chi connectivity index (χ0n) is 14.6. The Hall–Kier alpha value is -1.87. The lowest BCUT2D eigenvalue weighted by molar-refractivity contribution is 0.488. The Morgan fingerprint density at radius 1 is 0.962 bits per heavy atom. The lowest BCUT2D eigenvalue weighted by Crippen LogP contribution is -2.54. The minimum absolute atomic E-state index is 0.0414. The van der Waals surface area contributed by atoms with Crippen molar-refractivity contribution in [3.8, 4) is 0 Å². The molecule has 0 aliphatic heterocycles. The molecule has 26 heavy (non-hydrogen) atoms. The zero-order valence-corrected chi connectivity index (χ0v) is 17.5. The maximum atomic E-state index is 12.8. The Labute approximate surface area is 169 Å². The van der Waals surface area contributed by atoms with E-state index in [1.54, 1.807) is 32.0 Å². The predicted molar refractivity (Wildman–Crippen MR) is 112 cm³/mol. The van der Waals surface area contributed by atoms with Gasteiger partial charge in [0.2, 0.25) is 0 Å². The van der Waals surface area contributed by atoms with Crippen LogP contribution in [0.1, 0.15) is 19.4 Å². The second kappa shape index (κ2) is 8.22. The molecule has 0 aliphatic carbocycles. The number of nitrogens with zero attached hydrogens (tertiary/aromatic N) is 3. The highest BCUT2D eigenvalue weighted by Gasteiger charge is 2.16. The van der Waals surface area contributed by atoms with Crippen molar-refractivity contribution in [3.05, 3.63) is 88.1 Å². The van der Waals surface area contributed by atoms with Gasteiger partial charge in [0.05, 0.1) is 19.6 Å². The number of rotatable bonds is 6. The molecule has 0 spiro atoms. The normalized spacial score (nSPS) is 10.8. The maximum absolute atomic E-state index is 12.8. The summed E-state index contributed by atoms with van der Waals surface area (Å²) in [5, 5.41) is 0.567. The van der Waals surface area contributed by atoms with Crippen LogP contribution >= 0.6 is 34.2 Å². The molecule has 2 rings (SSSR count). The fraction of sp³-hybridized carbons (Fsp3) is 0.278. The van der Waals surface area contributed by atoms with Crippen LogP contribution in [0.3, 0.4) is 0 Å². The second-order valence-electron chi connectivity index (χ2n) is 6.26. The van der Waals surface area contributed by atoms with E-state index in [0.717, 1.165) is 22.8 Å². The number of halogens is 2. The smallest absolute Gasteiger partial charge is 0.247 e. The Balaban J connectivity index is 2.73. The van der Waals surface area contributed by atoms with Gasteiger partial charge < -0.3 is 0 Å². The van der Waals surface area contributed by atoms with Crippen molar-refractivity contribution < 1.29 is 0 Å². The SMILES string of the molecule is C=C(C)Cn1c(=O)n(CC(=C)C)c(=O)n(Cc2ccc(Cl)cc2I)c1=O. The van der Waals surface area contributed by atoms with Gasteiger partial charge in [-0.15, -0.1) is 0 Å². The molecule has 138 valence electrons. The molecule has 0 N–H and O–H groups in total. The summed E-state index contributed by atoms with van der Waals surface area (Å²) >= 11 is 8.06. The quantitative estimate of drug-likeness (QED) is 0.465. The van der Waals surface area contributed by atoms with E-state index >= 15 is 0 Å². The molecule has 8 heteroatoms. The summed E-state index contributed by atoms with van der Waals surface area (Å²) < 4.78 is 3.93. The highest BCUT2D eigenvalue weighted by molar-refractivity contribution is 14.1. The molecule has 1 aromatic carbocycles. The van der Waals surface area contributed by atoms with Crippen LogP contribution in [0, 0.1) is 3.57 Å². The van der Waals surface area contributed by atoms with E-state index < -0.39 is 17.1 Å². The van der Waals surface area contributed by atoms with Crippen molar-refractivity contribution in [2.24, 2.45) is 0 Å². The predicted octanol–water partition coefficient (Wildman–Crippen LogP) is 2.63. The Bertz CT molecular complexity index is 1010. The van der Waals surface area contributed by atoms with E-state index in [-0.39, 0.29) is 19.6 Å². The molecule has 6 nitrogen and oxygen atoms in total. The van der Waals surface area contributed by atoms with Crippen molar-refractivity contribution in [1.82, 2.24) is 13.7 Å². The van der Waals surface area contributed by atoms with E-state index in [0.29, 0.717) is 16.2 Å². The first-order valence-corrected chi connectivity index (χ1v) is 9.24. The Morgan fingerprint density at radius 3 is 1.85 bits per heavy atom. The summed E-state index contributed by atoms with van der Waals surface area (Å²) in [6.07, 6.45) is 0. The Kier molecular flexibility index (Phi) is 6.46. The van der Waals surface area contributed by atoms with Gasteiger partial charge in [0.15, 0.2) is 0 Å². The second-order valence-corrected chi connectivity index (χ2v) is 7.85. The van der Waals surface area contributed by atoms with E-state index in [1.165, 1.54) is 0 Å². The third-order valence-corrected chi connectivity index (χ3v) is 4.82. The van der Waals surface area contributed by atoms with Gasteiger partial charge in [-0.3, -0.25) is 0 Å². The third kappa shape index (κ3) is 4.45. The number of allylic oxidation sites excluding steroid dienone is 2. The van der Waals surface area contributed by atoms with E-state index in [2.05, 4.69) is 35.7 Å². The largest absolute Gasteiger partial charge is 0.336 e. The van der Waals surface area contributed by atoms with Crippen molar-refractivity contribution in [2.75, 3.05) is 0 Å². The van der Waals surface area contributed by atoms with E-state index in [9.17, 15) is 14.4 Å². The monoisotopic (exact) mass is 487 g/mol. The van der Waals surface area contributed by atoms with Crippen LogP contribution in [0.15, 0.2) is 56.9 Å². The van der Waals surface area contributed by atoms with Gasteiger partial charge in [-0.25, -0.2) is 28.1 Å². The minimum atomic E-state index is -0.660. The standard InChI is InChI=1S/C18H19ClIN3O3/c1-11(2)8-21-16(24)22(9-12(3)4)18(26)23(17(21)25)10-13-5-6-14(19)7-15(13)20/h5-7H,1,3,8-10H2,2,4H3. The van der Waals surface area contributed by atoms with Crippen LogP contribution in [0.5, 0.6) is 0 Å². The lowest BCUT2D eigenvalue weighted by atomic mass is 10.2. The molecule has 0 fully saturated rings. The number of hydrogen-bond acceptors (Lipinski definition) is 3. The molecule has 0 unspecified atom stereocenters. The summed E-state index contributed by atoms with van der Waals surface area (Å²) in [6, 6.07) is 5.20. The molecule has 0 amide bonds. The van der Waals surface area contributed by atoms with E-state index in [1.807, 2.05) is 0 Å². The summed E-state index contributed by atoms with van der Waals surface area (Å²) in [6.45, 7) is 11.1. The minimum Gasteiger partial charge on any atom is -0.247 e. The first-order chi connectivity index (χ1) is 12.1.